The monoisotopic (exact) mass is 866 g/mol. The van der Waals surface area contributed by atoms with Crippen molar-refractivity contribution in [3.63, 3.8) is 0 Å². The van der Waals surface area contributed by atoms with Gasteiger partial charge < -0.3 is 46.5 Å². The molecule has 0 bridgehead atoms. The number of carboxylic acid groups (broad SMARTS) is 1. The predicted molar refractivity (Wildman–Crippen MR) is 236 cm³/mol. The number of amides is 1. The zero-order valence-electron chi connectivity index (χ0n) is 33.5. The van der Waals surface area contributed by atoms with Crippen molar-refractivity contribution < 1.29 is 34.4 Å². The Morgan fingerprint density at radius 2 is 1.08 bits per heavy atom. The van der Waals surface area contributed by atoms with Crippen LogP contribution in [0.15, 0.2) is 73.1 Å². The molecule has 0 radical (unpaired) electrons. The zero-order chi connectivity index (χ0) is 42.3. The number of anilines is 2. The summed E-state index contributed by atoms with van der Waals surface area (Å²) in [6.07, 6.45) is 14.9. The fraction of sp³-hybridized carbons (Fsp3) is 0.409. The van der Waals surface area contributed by atoms with Gasteiger partial charge in [-0.15, -0.1) is 0 Å². The standard InChI is InChI=1S/C22H24N4O3S.C19H19N3O4S.C3H7N/c27-19-4-2-1-3-16(19)25-22-26-17-8-7-14(12-20(17)30-22)29-15-9-10-23-18(11-15)21(28)24-13-5-6-13;23-16-4-2-1-3-13(16)21-19-22-14-6-5-11(10-17(14)27-19)26-12-7-8-20-15(9-12)18(24)25;4-3-1-2-3/h7-13,16,19,27H,1-6H2,(H,24,28)(H,25,26);5-10,13,16,23H,1-4H2,(H,21,22)(H,24,25);3H,1-2,4H2/t16-,19-;13-,16-;/m11./s1. The second kappa shape index (κ2) is 19.5. The highest BCUT2D eigenvalue weighted by molar-refractivity contribution is 7.22. The molecule has 4 saturated carbocycles. The van der Waals surface area contributed by atoms with Crippen molar-refractivity contribution in [2.75, 3.05) is 10.6 Å². The van der Waals surface area contributed by atoms with Crippen LogP contribution in [0.25, 0.3) is 20.4 Å². The fourth-order valence-electron chi connectivity index (χ4n) is 6.98. The number of carboxylic acids is 1. The molecule has 8 N–H and O–H groups in total. The van der Waals surface area contributed by atoms with Crippen LogP contribution < -0.4 is 31.2 Å². The van der Waals surface area contributed by atoms with Crippen molar-refractivity contribution >= 4 is 65.2 Å². The van der Waals surface area contributed by atoms with Crippen LogP contribution in [0.3, 0.4) is 0 Å². The van der Waals surface area contributed by atoms with Crippen LogP contribution in [-0.2, 0) is 0 Å². The van der Waals surface area contributed by atoms with E-state index in [2.05, 4.69) is 35.9 Å². The topological polar surface area (TPSA) is 227 Å². The summed E-state index contributed by atoms with van der Waals surface area (Å²) >= 11 is 3.06. The van der Waals surface area contributed by atoms with Crippen LogP contribution in [0.1, 0.15) is 98.0 Å². The molecular formula is C44H50N8O7S2. The quantitative estimate of drug-likeness (QED) is 0.0653. The van der Waals surface area contributed by atoms with Crippen molar-refractivity contribution in [2.45, 2.75) is 113 Å². The van der Waals surface area contributed by atoms with Crippen molar-refractivity contribution in [2.24, 2.45) is 5.73 Å². The molecule has 10 rings (SSSR count). The van der Waals surface area contributed by atoms with Crippen LogP contribution in [0.5, 0.6) is 23.0 Å². The summed E-state index contributed by atoms with van der Waals surface area (Å²) in [7, 11) is 0. The molecule has 320 valence electrons. The second-order valence-electron chi connectivity index (χ2n) is 15.9. The number of hydrogen-bond acceptors (Lipinski definition) is 15. The summed E-state index contributed by atoms with van der Waals surface area (Å²) in [6, 6.07) is 18.6. The first-order valence-corrected chi connectivity index (χ1v) is 22.5. The summed E-state index contributed by atoms with van der Waals surface area (Å²) in [5.74, 6) is 0.988. The lowest BCUT2D eigenvalue weighted by atomic mass is 9.93. The smallest absolute Gasteiger partial charge is 0.354 e. The minimum Gasteiger partial charge on any atom is -0.477 e. The lowest BCUT2D eigenvalue weighted by Gasteiger charge is -2.27. The van der Waals surface area contributed by atoms with Crippen LogP contribution >= 0.6 is 22.7 Å². The number of aliphatic hydroxyl groups excluding tert-OH is 2. The van der Waals surface area contributed by atoms with Crippen molar-refractivity contribution in [3.05, 3.63) is 84.4 Å². The Morgan fingerprint density at radius 3 is 1.54 bits per heavy atom. The Kier molecular flexibility index (Phi) is 13.5. The van der Waals surface area contributed by atoms with Crippen molar-refractivity contribution in [1.82, 2.24) is 25.3 Å². The lowest BCUT2D eigenvalue weighted by molar-refractivity contribution is 0.0689. The number of aliphatic hydroxyl groups is 2. The number of fused-ring (bicyclic) bond motifs is 2. The largest absolute Gasteiger partial charge is 0.477 e. The number of nitrogens with two attached hydrogens (primary N) is 1. The molecular weight excluding hydrogens is 817 g/mol. The summed E-state index contributed by atoms with van der Waals surface area (Å²) in [5.41, 5.74) is 7.25. The number of benzene rings is 2. The predicted octanol–water partition coefficient (Wildman–Crippen LogP) is 8.10. The van der Waals surface area contributed by atoms with E-state index in [9.17, 15) is 19.8 Å². The van der Waals surface area contributed by atoms with Gasteiger partial charge in [0.25, 0.3) is 5.91 Å². The number of ether oxygens (including phenoxy) is 2. The third-order valence-electron chi connectivity index (χ3n) is 10.7. The molecule has 61 heavy (non-hydrogen) atoms. The number of nitrogens with zero attached hydrogens (tertiary/aromatic N) is 4. The number of hydrogen-bond donors (Lipinski definition) is 7. The molecule has 4 heterocycles. The van der Waals surface area contributed by atoms with E-state index < -0.39 is 5.97 Å². The van der Waals surface area contributed by atoms with Crippen molar-refractivity contribution in [1.29, 1.82) is 0 Å². The number of aromatic carboxylic acids is 1. The molecule has 0 saturated heterocycles. The average molecular weight is 867 g/mol. The molecule has 17 heteroatoms. The Balaban J connectivity index is 0.000000155. The van der Waals surface area contributed by atoms with Gasteiger partial charge in [0.2, 0.25) is 0 Å². The van der Waals surface area contributed by atoms with E-state index in [1.165, 1.54) is 36.4 Å². The SMILES string of the molecule is NC1CC1.O=C(NC1CC1)c1cc(Oc2ccc3nc(N[C@@H]4CCCC[C@H]4O)sc3c2)ccn1.O=C(O)c1cc(Oc2ccc3nc(N[C@@H]4CCCC[C@H]4O)sc3c2)ccn1. The molecule has 0 aliphatic heterocycles. The van der Waals surface area contributed by atoms with Gasteiger partial charge in [0.05, 0.1) is 44.7 Å². The Hall–Kier alpha value is -5.46. The summed E-state index contributed by atoms with van der Waals surface area (Å²) < 4.78 is 13.7. The van der Waals surface area contributed by atoms with Gasteiger partial charge in [-0.25, -0.2) is 19.7 Å². The number of rotatable bonds is 11. The maximum absolute atomic E-state index is 12.2. The number of carbonyl (C=O) groups is 2. The molecule has 0 spiro atoms. The average Bonchev–Trinajstić information content (AvgIpc) is 4.17. The minimum atomic E-state index is -1.10. The highest BCUT2D eigenvalue weighted by Crippen LogP contribution is 2.35. The van der Waals surface area contributed by atoms with Gasteiger partial charge >= 0.3 is 5.97 Å². The number of thiazole rings is 2. The first-order valence-electron chi connectivity index (χ1n) is 20.9. The van der Waals surface area contributed by atoms with Gasteiger partial charge in [-0.3, -0.25) is 9.78 Å². The van der Waals surface area contributed by atoms with E-state index >= 15 is 0 Å². The van der Waals surface area contributed by atoms with Crippen LogP contribution in [0.2, 0.25) is 0 Å². The van der Waals surface area contributed by atoms with Gasteiger partial charge in [0.1, 0.15) is 28.7 Å². The van der Waals surface area contributed by atoms with E-state index in [1.807, 2.05) is 30.3 Å². The number of carbonyl (C=O) groups excluding carboxylic acids is 1. The number of nitrogens with one attached hydrogen (secondary N) is 3. The van der Waals surface area contributed by atoms with E-state index in [0.717, 1.165) is 94.9 Å². The zero-order valence-corrected chi connectivity index (χ0v) is 35.2. The van der Waals surface area contributed by atoms with Crippen LogP contribution in [0.4, 0.5) is 10.3 Å². The number of aromatic nitrogens is 4. The number of pyridine rings is 2. The molecule has 4 aliphatic carbocycles. The highest BCUT2D eigenvalue weighted by atomic mass is 32.1. The maximum atomic E-state index is 12.2. The molecule has 15 nitrogen and oxygen atoms in total. The van der Waals surface area contributed by atoms with Gasteiger partial charge in [-0.1, -0.05) is 48.4 Å². The lowest BCUT2D eigenvalue weighted by Crippen LogP contribution is -2.36. The highest BCUT2D eigenvalue weighted by Gasteiger charge is 2.26. The second-order valence-corrected chi connectivity index (χ2v) is 17.9. The molecule has 2 aromatic carbocycles. The summed E-state index contributed by atoms with van der Waals surface area (Å²) in [6.45, 7) is 0. The molecule has 4 atom stereocenters. The first kappa shape index (κ1) is 42.2. The van der Waals surface area contributed by atoms with Gasteiger partial charge in [-0.05, 0) is 87.8 Å². The van der Waals surface area contributed by atoms with Crippen LogP contribution in [0, 0.1) is 0 Å². The Bertz CT molecular complexity index is 2460. The molecule has 0 unspecified atom stereocenters. The normalized spacial score (nSPS) is 21.0. The fourth-order valence-corrected chi connectivity index (χ4v) is 8.89. The third kappa shape index (κ3) is 11.9. The molecule has 1 amide bonds. The van der Waals surface area contributed by atoms with Gasteiger partial charge in [0, 0.05) is 48.7 Å². The van der Waals surface area contributed by atoms with Gasteiger partial charge in [0.15, 0.2) is 16.0 Å². The molecule has 4 fully saturated rings. The summed E-state index contributed by atoms with van der Waals surface area (Å²) in [5, 5.41) is 40.6. The van der Waals surface area contributed by atoms with Gasteiger partial charge in [-0.2, -0.15) is 0 Å². The van der Waals surface area contributed by atoms with E-state index in [1.54, 1.807) is 41.8 Å². The third-order valence-corrected chi connectivity index (χ3v) is 12.6. The van der Waals surface area contributed by atoms with E-state index in [4.69, 9.17) is 20.3 Å². The Labute approximate surface area is 360 Å². The van der Waals surface area contributed by atoms with E-state index in [0.29, 0.717) is 34.7 Å². The molecule has 4 aliphatic rings. The maximum Gasteiger partial charge on any atom is 0.354 e. The molecule has 6 aromatic rings. The van der Waals surface area contributed by atoms with Crippen molar-refractivity contribution in [3.8, 4) is 23.0 Å². The first-order chi connectivity index (χ1) is 29.6. The van der Waals surface area contributed by atoms with E-state index in [-0.39, 0.29) is 41.9 Å². The minimum absolute atomic E-state index is 0.0429. The van der Waals surface area contributed by atoms with Crippen LogP contribution in [-0.4, -0.2) is 83.5 Å². The summed E-state index contributed by atoms with van der Waals surface area (Å²) in [4.78, 5) is 40.4. The Morgan fingerprint density at radius 1 is 0.623 bits per heavy atom. The molecule has 4 aromatic heterocycles.